The summed E-state index contributed by atoms with van der Waals surface area (Å²) in [4.78, 5) is 31.0. The monoisotopic (exact) mass is 450 g/mol. The second-order valence-corrected chi connectivity index (χ2v) is 7.76. The summed E-state index contributed by atoms with van der Waals surface area (Å²) >= 11 is 0. The van der Waals surface area contributed by atoms with Crippen molar-refractivity contribution in [1.82, 2.24) is 15.0 Å². The maximum Gasteiger partial charge on any atom is 0.272 e. The van der Waals surface area contributed by atoms with Gasteiger partial charge in [-0.2, -0.15) is 0 Å². The molecule has 2 fully saturated rings. The number of likely N-dealkylation sites (tertiary alicyclic amines) is 1. The lowest BCUT2D eigenvalue weighted by molar-refractivity contribution is 0.0645. The fourth-order valence-corrected chi connectivity index (χ4v) is 3.48. The number of aromatic nitrogens is 2. The van der Waals surface area contributed by atoms with E-state index in [0.29, 0.717) is 47.5 Å². The van der Waals surface area contributed by atoms with Crippen molar-refractivity contribution in [2.45, 2.75) is 18.9 Å². The molecule has 3 aromatic rings. The van der Waals surface area contributed by atoms with Crippen molar-refractivity contribution >= 4 is 17.6 Å². The Morgan fingerprint density at radius 3 is 2.64 bits per heavy atom. The number of carbonyl (C=O) groups is 2. The number of nitrogens with zero attached hydrogens (tertiary/aromatic N) is 3. The van der Waals surface area contributed by atoms with E-state index in [9.17, 15) is 9.59 Å². The van der Waals surface area contributed by atoms with Crippen LogP contribution in [0.3, 0.4) is 0 Å². The van der Waals surface area contributed by atoms with Gasteiger partial charge in [0.2, 0.25) is 0 Å². The van der Waals surface area contributed by atoms with Gasteiger partial charge < -0.3 is 29.0 Å². The molecule has 0 unspecified atom stereocenters. The Hall–Kier alpha value is -3.92. The molecule has 0 spiro atoms. The average Bonchev–Trinajstić information content (AvgIpc) is 3.47. The molecule has 1 N–H and O–H groups in total. The van der Waals surface area contributed by atoms with Gasteiger partial charge in [-0.05, 0) is 30.7 Å². The first kappa shape index (κ1) is 21.0. The number of rotatable bonds is 7. The summed E-state index contributed by atoms with van der Waals surface area (Å²) in [6.45, 7) is 2.64. The van der Waals surface area contributed by atoms with Gasteiger partial charge in [0.05, 0.1) is 19.4 Å². The molecule has 1 atom stereocenters. The van der Waals surface area contributed by atoms with E-state index in [1.165, 1.54) is 12.5 Å². The average molecular weight is 450 g/mol. The van der Waals surface area contributed by atoms with Crippen LogP contribution in [0, 0.1) is 0 Å². The summed E-state index contributed by atoms with van der Waals surface area (Å²) in [6.07, 6.45) is 4.54. The number of hydrogen-bond donors (Lipinski definition) is 1. The molecular formula is C23H22N4O6. The van der Waals surface area contributed by atoms with Crippen molar-refractivity contribution in [3.05, 3.63) is 60.1 Å². The van der Waals surface area contributed by atoms with E-state index in [0.717, 1.165) is 25.9 Å². The normalized spacial score (nSPS) is 17.3. The largest absolute Gasteiger partial charge is 0.488 e. The first-order valence-electron chi connectivity index (χ1n) is 10.7. The molecule has 0 radical (unpaired) electrons. The number of hydrogen-bond acceptors (Lipinski definition) is 8. The fraction of sp³-hybridized carbons (Fsp3) is 0.304. The lowest BCUT2D eigenvalue weighted by atomic mass is 10.1. The van der Waals surface area contributed by atoms with Gasteiger partial charge in [-0.15, -0.1) is 0 Å². The van der Waals surface area contributed by atoms with E-state index in [4.69, 9.17) is 18.7 Å². The zero-order valence-electron chi connectivity index (χ0n) is 17.7. The molecule has 10 heteroatoms. The van der Waals surface area contributed by atoms with Gasteiger partial charge in [0, 0.05) is 37.2 Å². The number of nitrogens with one attached hydrogen (secondary N) is 1. The predicted octanol–water partition coefficient (Wildman–Crippen LogP) is 3.13. The molecule has 2 aliphatic rings. The Bertz CT molecular complexity index is 1120. The van der Waals surface area contributed by atoms with E-state index in [1.807, 2.05) is 0 Å². The minimum atomic E-state index is -0.393. The molecule has 4 heterocycles. The third-order valence-electron chi connectivity index (χ3n) is 5.35. The number of pyridine rings is 1. The van der Waals surface area contributed by atoms with Crippen LogP contribution in [0.15, 0.2) is 53.4 Å². The van der Waals surface area contributed by atoms with E-state index in [1.54, 1.807) is 41.3 Å². The van der Waals surface area contributed by atoms with E-state index in [-0.39, 0.29) is 12.0 Å². The topological polar surface area (TPSA) is 116 Å². The summed E-state index contributed by atoms with van der Waals surface area (Å²) in [5.74, 6) is 1.11. The smallest absolute Gasteiger partial charge is 0.272 e. The second kappa shape index (κ2) is 9.29. The van der Waals surface area contributed by atoms with Crippen molar-refractivity contribution in [3.63, 3.8) is 0 Å². The zero-order valence-corrected chi connectivity index (χ0v) is 17.7. The van der Waals surface area contributed by atoms with E-state index >= 15 is 0 Å². The molecule has 170 valence electrons. The minimum Gasteiger partial charge on any atom is -0.488 e. The molecule has 1 aromatic carbocycles. The van der Waals surface area contributed by atoms with Crippen molar-refractivity contribution < 1.29 is 28.3 Å². The lowest BCUT2D eigenvalue weighted by Gasteiger charge is -2.30. The van der Waals surface area contributed by atoms with Crippen LogP contribution in [0.5, 0.6) is 17.2 Å². The fourth-order valence-electron chi connectivity index (χ4n) is 3.48. The highest BCUT2D eigenvalue weighted by Crippen LogP contribution is 2.29. The van der Waals surface area contributed by atoms with Crippen LogP contribution >= 0.6 is 0 Å². The maximum absolute atomic E-state index is 12.7. The summed E-state index contributed by atoms with van der Waals surface area (Å²) in [7, 11) is 0. The molecule has 10 nitrogen and oxygen atoms in total. The quantitative estimate of drug-likeness (QED) is 0.584. The zero-order chi connectivity index (χ0) is 22.6. The first-order valence-corrected chi connectivity index (χ1v) is 10.7. The van der Waals surface area contributed by atoms with Crippen molar-refractivity contribution in [1.29, 1.82) is 0 Å². The third kappa shape index (κ3) is 4.96. The third-order valence-corrected chi connectivity index (χ3v) is 5.35. The highest BCUT2D eigenvalue weighted by molar-refractivity contribution is 6.04. The van der Waals surface area contributed by atoms with Crippen molar-refractivity contribution in [2.75, 3.05) is 31.6 Å². The Balaban J connectivity index is 1.35. The minimum absolute atomic E-state index is 0.0891. The molecular weight excluding hydrogens is 428 g/mol. The predicted molar refractivity (Wildman–Crippen MR) is 116 cm³/mol. The van der Waals surface area contributed by atoms with Crippen LogP contribution in [-0.4, -0.2) is 59.3 Å². The van der Waals surface area contributed by atoms with Crippen LogP contribution < -0.4 is 14.8 Å². The lowest BCUT2D eigenvalue weighted by Crippen LogP contribution is -2.42. The number of ether oxygens (including phenoxy) is 3. The Labute approximate surface area is 189 Å². The SMILES string of the molecule is O=C(Nc1ccon1)c1cc(Oc2ccc(C(=O)N3CCC3)nc2)cc(O[C@H]2CCOC2)c1. The molecule has 33 heavy (non-hydrogen) atoms. The molecule has 0 aliphatic carbocycles. The van der Waals surface area contributed by atoms with Crippen molar-refractivity contribution in [3.8, 4) is 17.2 Å². The van der Waals surface area contributed by atoms with Crippen LogP contribution in [-0.2, 0) is 4.74 Å². The van der Waals surface area contributed by atoms with Crippen LogP contribution in [0.4, 0.5) is 5.82 Å². The Morgan fingerprint density at radius 2 is 1.97 bits per heavy atom. The van der Waals surface area contributed by atoms with E-state index < -0.39 is 5.91 Å². The van der Waals surface area contributed by atoms with Gasteiger partial charge in [0.15, 0.2) is 5.82 Å². The van der Waals surface area contributed by atoms with Crippen molar-refractivity contribution in [2.24, 2.45) is 0 Å². The van der Waals surface area contributed by atoms with Gasteiger partial charge >= 0.3 is 0 Å². The van der Waals surface area contributed by atoms with Crippen LogP contribution in [0.25, 0.3) is 0 Å². The van der Waals surface area contributed by atoms with Crippen LogP contribution in [0.1, 0.15) is 33.7 Å². The maximum atomic E-state index is 12.7. The summed E-state index contributed by atoms with van der Waals surface area (Å²) in [5, 5.41) is 6.35. The summed E-state index contributed by atoms with van der Waals surface area (Å²) in [6, 6.07) is 9.77. The second-order valence-electron chi connectivity index (χ2n) is 7.76. The highest BCUT2D eigenvalue weighted by atomic mass is 16.5. The van der Waals surface area contributed by atoms with Gasteiger partial charge in [-0.3, -0.25) is 9.59 Å². The Morgan fingerprint density at radius 1 is 1.09 bits per heavy atom. The number of anilines is 1. The molecule has 5 rings (SSSR count). The van der Waals surface area contributed by atoms with Gasteiger partial charge in [0.25, 0.3) is 11.8 Å². The van der Waals surface area contributed by atoms with Crippen LogP contribution in [0.2, 0.25) is 0 Å². The molecule has 2 aromatic heterocycles. The van der Waals surface area contributed by atoms with Gasteiger partial charge in [-0.25, -0.2) is 4.98 Å². The number of amides is 2. The molecule has 2 aliphatic heterocycles. The van der Waals surface area contributed by atoms with Gasteiger partial charge in [0.1, 0.15) is 35.3 Å². The molecule has 0 bridgehead atoms. The number of carbonyl (C=O) groups excluding carboxylic acids is 2. The van der Waals surface area contributed by atoms with E-state index in [2.05, 4.69) is 15.5 Å². The molecule has 0 saturated carbocycles. The number of benzene rings is 1. The highest BCUT2D eigenvalue weighted by Gasteiger charge is 2.23. The Kier molecular flexibility index (Phi) is 5.90. The first-order chi connectivity index (χ1) is 16.1. The summed E-state index contributed by atoms with van der Waals surface area (Å²) in [5.41, 5.74) is 0.690. The molecule has 2 amide bonds. The molecule has 2 saturated heterocycles. The van der Waals surface area contributed by atoms with Gasteiger partial charge in [-0.1, -0.05) is 5.16 Å². The summed E-state index contributed by atoms with van der Waals surface area (Å²) < 4.78 is 22.0. The standard InChI is InChI=1S/C23H22N4O6/c28-22(25-21-5-9-31-26-21)15-10-18(12-19(11-15)33-17-4-8-30-14-17)32-16-2-3-20(24-13-16)23(29)27-6-1-7-27/h2-3,5,9-13,17H,1,4,6-8,14H2,(H,25,26,28)/t17-/m0/s1.